The number of amides is 1. The lowest BCUT2D eigenvalue weighted by molar-refractivity contribution is -0.119. The predicted octanol–water partition coefficient (Wildman–Crippen LogP) is 0.534. The number of halogens is 1. The summed E-state index contributed by atoms with van der Waals surface area (Å²) in [6.45, 7) is 3.37. The molecule has 0 radical (unpaired) electrons. The van der Waals surface area contributed by atoms with Crippen molar-refractivity contribution in [3.63, 3.8) is 0 Å². The Morgan fingerprint density at radius 3 is 2.80 bits per heavy atom. The van der Waals surface area contributed by atoms with Gasteiger partial charge in [-0.3, -0.25) is 4.79 Å². The topological polar surface area (TPSA) is 38.3 Å². The Kier molecular flexibility index (Phi) is 6.96. The van der Waals surface area contributed by atoms with Crippen LogP contribution in [0.25, 0.3) is 0 Å². The standard InChI is InChI=1S/C6H12BrNO2/c1-6(9)8-3-5-10-4-2-7/h2-5H2,1H3,(H,8,9). The smallest absolute Gasteiger partial charge is 0.216 e. The minimum Gasteiger partial charge on any atom is -0.379 e. The molecule has 0 aliphatic heterocycles. The number of ether oxygens (including phenoxy) is 1. The average molecular weight is 210 g/mol. The molecule has 0 aromatic carbocycles. The van der Waals surface area contributed by atoms with Crippen LogP contribution in [0.2, 0.25) is 0 Å². The second-order valence-electron chi connectivity index (χ2n) is 1.78. The highest BCUT2D eigenvalue weighted by Crippen LogP contribution is 1.80. The van der Waals surface area contributed by atoms with E-state index in [1.54, 1.807) is 0 Å². The van der Waals surface area contributed by atoms with E-state index in [1.807, 2.05) is 0 Å². The molecule has 1 amide bonds. The number of hydrogen-bond acceptors (Lipinski definition) is 2. The second kappa shape index (κ2) is 7.02. The summed E-state index contributed by atoms with van der Waals surface area (Å²) in [7, 11) is 0. The molecule has 0 unspecified atom stereocenters. The zero-order valence-electron chi connectivity index (χ0n) is 6.02. The summed E-state index contributed by atoms with van der Waals surface area (Å²) in [5.41, 5.74) is 0. The highest BCUT2D eigenvalue weighted by Gasteiger charge is 1.88. The van der Waals surface area contributed by atoms with E-state index >= 15 is 0 Å². The van der Waals surface area contributed by atoms with Crippen LogP contribution >= 0.6 is 15.9 Å². The summed E-state index contributed by atoms with van der Waals surface area (Å²) in [5, 5.41) is 3.47. The molecule has 0 aliphatic carbocycles. The van der Waals surface area contributed by atoms with Gasteiger partial charge in [-0.2, -0.15) is 0 Å². The molecule has 4 heteroatoms. The first-order valence-electron chi connectivity index (χ1n) is 3.15. The Hall–Kier alpha value is -0.0900. The Morgan fingerprint density at radius 1 is 1.60 bits per heavy atom. The quantitative estimate of drug-likeness (QED) is 0.531. The largest absolute Gasteiger partial charge is 0.379 e. The van der Waals surface area contributed by atoms with Crippen molar-refractivity contribution in [2.45, 2.75) is 6.92 Å². The third-order valence-electron chi connectivity index (χ3n) is 0.842. The lowest BCUT2D eigenvalue weighted by Crippen LogP contribution is -2.24. The Balaban J connectivity index is 2.84. The van der Waals surface area contributed by atoms with E-state index in [0.717, 1.165) is 5.33 Å². The van der Waals surface area contributed by atoms with Crippen molar-refractivity contribution >= 4 is 21.8 Å². The second-order valence-corrected chi connectivity index (χ2v) is 2.58. The summed E-state index contributed by atoms with van der Waals surface area (Å²) in [6, 6.07) is 0. The number of carbonyl (C=O) groups is 1. The summed E-state index contributed by atoms with van der Waals surface area (Å²) >= 11 is 3.22. The third-order valence-corrected chi connectivity index (χ3v) is 1.17. The molecule has 0 saturated heterocycles. The van der Waals surface area contributed by atoms with Gasteiger partial charge in [-0.1, -0.05) is 15.9 Å². The SMILES string of the molecule is CC(=O)NCCOCCBr. The maximum atomic E-state index is 10.3. The molecule has 0 heterocycles. The van der Waals surface area contributed by atoms with Gasteiger partial charge in [0.1, 0.15) is 0 Å². The van der Waals surface area contributed by atoms with Crippen molar-refractivity contribution in [1.82, 2.24) is 5.32 Å². The molecule has 0 atom stereocenters. The number of hydrogen-bond donors (Lipinski definition) is 1. The number of carbonyl (C=O) groups excluding carboxylic acids is 1. The van der Waals surface area contributed by atoms with Gasteiger partial charge < -0.3 is 10.1 Å². The van der Waals surface area contributed by atoms with Crippen LogP contribution in [0.15, 0.2) is 0 Å². The van der Waals surface area contributed by atoms with Gasteiger partial charge >= 0.3 is 0 Å². The lowest BCUT2D eigenvalue weighted by atomic mass is 10.6. The molecule has 1 N–H and O–H groups in total. The van der Waals surface area contributed by atoms with E-state index in [2.05, 4.69) is 21.2 Å². The fourth-order valence-corrected chi connectivity index (χ4v) is 0.685. The van der Waals surface area contributed by atoms with Gasteiger partial charge in [-0.25, -0.2) is 0 Å². The van der Waals surface area contributed by atoms with Crippen molar-refractivity contribution in [2.24, 2.45) is 0 Å². The lowest BCUT2D eigenvalue weighted by Gasteiger charge is -2.01. The first kappa shape index (κ1) is 9.91. The first-order chi connectivity index (χ1) is 4.77. The monoisotopic (exact) mass is 209 g/mol. The highest BCUT2D eigenvalue weighted by atomic mass is 79.9. The zero-order chi connectivity index (χ0) is 7.82. The van der Waals surface area contributed by atoms with E-state index in [-0.39, 0.29) is 5.91 Å². The number of alkyl halides is 1. The van der Waals surface area contributed by atoms with Gasteiger partial charge in [-0.15, -0.1) is 0 Å². The molecule has 0 aromatic rings. The molecule has 0 rings (SSSR count). The summed E-state index contributed by atoms with van der Waals surface area (Å²) in [6.07, 6.45) is 0. The van der Waals surface area contributed by atoms with Crippen molar-refractivity contribution in [3.05, 3.63) is 0 Å². The van der Waals surface area contributed by atoms with Gasteiger partial charge in [0.25, 0.3) is 0 Å². The van der Waals surface area contributed by atoms with Crippen LogP contribution in [0, 0.1) is 0 Å². The Bertz CT molecular complexity index is 97.7. The Labute approximate surface area is 69.3 Å². The summed E-state index contributed by atoms with van der Waals surface area (Å²) in [4.78, 5) is 10.3. The molecular weight excluding hydrogens is 198 g/mol. The molecule has 0 aromatic heterocycles. The normalized spacial score (nSPS) is 9.40. The van der Waals surface area contributed by atoms with Crippen molar-refractivity contribution < 1.29 is 9.53 Å². The van der Waals surface area contributed by atoms with E-state index in [0.29, 0.717) is 19.8 Å². The van der Waals surface area contributed by atoms with Crippen LogP contribution in [-0.4, -0.2) is 31.0 Å². The molecule has 10 heavy (non-hydrogen) atoms. The number of nitrogens with one attached hydrogen (secondary N) is 1. The fraction of sp³-hybridized carbons (Fsp3) is 0.833. The van der Waals surface area contributed by atoms with E-state index in [1.165, 1.54) is 6.92 Å². The first-order valence-corrected chi connectivity index (χ1v) is 4.27. The average Bonchev–Trinajstić information content (AvgIpc) is 1.87. The van der Waals surface area contributed by atoms with Crippen LogP contribution in [-0.2, 0) is 9.53 Å². The van der Waals surface area contributed by atoms with Gasteiger partial charge in [-0.05, 0) is 0 Å². The molecule has 0 saturated carbocycles. The maximum absolute atomic E-state index is 10.3. The highest BCUT2D eigenvalue weighted by molar-refractivity contribution is 9.09. The van der Waals surface area contributed by atoms with Gasteiger partial charge in [0.15, 0.2) is 0 Å². The molecule has 0 bridgehead atoms. The third kappa shape index (κ3) is 7.91. The molecule has 0 spiro atoms. The van der Waals surface area contributed by atoms with Gasteiger partial charge in [0.05, 0.1) is 13.2 Å². The van der Waals surface area contributed by atoms with Crippen LogP contribution in [0.5, 0.6) is 0 Å². The van der Waals surface area contributed by atoms with E-state index < -0.39 is 0 Å². The minimum atomic E-state index is -0.0116. The van der Waals surface area contributed by atoms with Crippen LogP contribution in [0.1, 0.15) is 6.92 Å². The van der Waals surface area contributed by atoms with Crippen LogP contribution in [0.3, 0.4) is 0 Å². The summed E-state index contributed by atoms with van der Waals surface area (Å²) < 4.78 is 5.07. The predicted molar refractivity (Wildman–Crippen MR) is 43.3 cm³/mol. The van der Waals surface area contributed by atoms with E-state index in [9.17, 15) is 4.79 Å². The van der Waals surface area contributed by atoms with Crippen molar-refractivity contribution in [2.75, 3.05) is 25.1 Å². The van der Waals surface area contributed by atoms with E-state index in [4.69, 9.17) is 4.74 Å². The maximum Gasteiger partial charge on any atom is 0.216 e. The molecule has 60 valence electrons. The molecule has 3 nitrogen and oxygen atoms in total. The zero-order valence-corrected chi connectivity index (χ0v) is 7.61. The van der Waals surface area contributed by atoms with Gasteiger partial charge in [0.2, 0.25) is 5.91 Å². The fourth-order valence-electron chi connectivity index (χ4n) is 0.456. The summed E-state index contributed by atoms with van der Waals surface area (Å²) in [5.74, 6) is -0.0116. The van der Waals surface area contributed by atoms with Gasteiger partial charge in [0, 0.05) is 18.8 Å². The Morgan fingerprint density at radius 2 is 2.30 bits per heavy atom. The van der Waals surface area contributed by atoms with Crippen LogP contribution in [0.4, 0.5) is 0 Å². The molecule has 0 fully saturated rings. The molecular formula is C6H12BrNO2. The van der Waals surface area contributed by atoms with Crippen molar-refractivity contribution in [3.8, 4) is 0 Å². The van der Waals surface area contributed by atoms with Crippen molar-refractivity contribution in [1.29, 1.82) is 0 Å². The molecule has 0 aliphatic rings. The number of rotatable bonds is 5. The minimum absolute atomic E-state index is 0.0116. The van der Waals surface area contributed by atoms with Crippen LogP contribution < -0.4 is 5.32 Å².